The second-order valence-electron chi connectivity index (χ2n) is 9.28. The molecule has 4 rings (SSSR count). The molecular weight excluding hydrogens is 409 g/mol. The topological polar surface area (TPSA) is 85.6 Å². The second-order valence-corrected chi connectivity index (χ2v) is 9.28. The Bertz CT molecular complexity index is 758. The summed E-state index contributed by atoms with van der Waals surface area (Å²) in [7, 11) is 0. The summed E-state index contributed by atoms with van der Waals surface area (Å²) in [5, 5.41) is 20.5. The maximum absolute atomic E-state index is 13.2. The zero-order chi connectivity index (χ0) is 22.8. The molecule has 2 saturated carbocycles. The maximum atomic E-state index is 13.2. The highest BCUT2D eigenvalue weighted by atomic mass is 19.1. The van der Waals surface area contributed by atoms with Gasteiger partial charge in [-0.15, -0.1) is 0 Å². The third-order valence-corrected chi connectivity index (χ3v) is 6.92. The van der Waals surface area contributed by atoms with Gasteiger partial charge in [-0.25, -0.2) is 9.18 Å². The van der Waals surface area contributed by atoms with E-state index in [4.69, 9.17) is 15.1 Å². The number of hydrogen-bond donors (Lipinski definition) is 2. The zero-order valence-electron chi connectivity index (χ0n) is 18.9. The molecular formula is C25H36FN3O3. The number of halogens is 1. The summed E-state index contributed by atoms with van der Waals surface area (Å²) in [6.07, 6.45) is 12.1. The summed E-state index contributed by atoms with van der Waals surface area (Å²) in [4.78, 5) is 13.2. The fourth-order valence-corrected chi connectivity index (χ4v) is 4.51. The fraction of sp³-hybridized carbons (Fsp3) is 0.680. The Morgan fingerprint density at radius 3 is 2.34 bits per heavy atom. The van der Waals surface area contributed by atoms with Crippen molar-refractivity contribution in [3.63, 3.8) is 0 Å². The molecule has 1 aromatic rings. The largest absolute Gasteiger partial charge is 0.489 e. The second kappa shape index (κ2) is 12.6. The van der Waals surface area contributed by atoms with Gasteiger partial charge in [0.15, 0.2) is 0 Å². The Balaban J connectivity index is 0.000000650. The molecule has 1 heterocycles. The highest BCUT2D eigenvalue weighted by Gasteiger charge is 2.25. The minimum atomic E-state index is -0.920. The van der Waals surface area contributed by atoms with Gasteiger partial charge in [0.05, 0.1) is 5.56 Å². The van der Waals surface area contributed by atoms with Crippen LogP contribution in [-0.2, 0) is 0 Å². The van der Waals surface area contributed by atoms with Crippen LogP contribution in [0.1, 0.15) is 76.2 Å². The molecule has 176 valence electrons. The summed E-state index contributed by atoms with van der Waals surface area (Å²) >= 11 is 0. The van der Waals surface area contributed by atoms with Gasteiger partial charge in [0, 0.05) is 19.1 Å². The van der Waals surface area contributed by atoms with E-state index in [1.54, 1.807) is 0 Å². The standard InChI is InChI=1S/C21H28FN3O3.C4H8/c22-17-3-6-20(16(13-17)14-23)28-19-8-11-25(12-9-19)10-7-15-1-4-18(5-2-15)24-21(26)27;1-2-4-3-1/h3,6,13,15,18-19,24H,1-2,4-5,7-12H2,(H,26,27);1-4H2. The number of nitrogens with one attached hydrogen (secondary N) is 1. The van der Waals surface area contributed by atoms with Gasteiger partial charge in [-0.1, -0.05) is 25.7 Å². The third kappa shape index (κ3) is 7.98. The lowest BCUT2D eigenvalue weighted by molar-refractivity contribution is 0.0946. The Labute approximate surface area is 190 Å². The smallest absolute Gasteiger partial charge is 0.404 e. The molecule has 0 unspecified atom stereocenters. The molecule has 3 aliphatic rings. The van der Waals surface area contributed by atoms with Gasteiger partial charge in [0.25, 0.3) is 0 Å². The summed E-state index contributed by atoms with van der Waals surface area (Å²) in [5.41, 5.74) is 0.246. The predicted molar refractivity (Wildman–Crippen MR) is 121 cm³/mol. The lowest BCUT2D eigenvalue weighted by atomic mass is 9.84. The average Bonchev–Trinajstić information content (AvgIpc) is 2.74. The van der Waals surface area contributed by atoms with Gasteiger partial charge in [-0.2, -0.15) is 5.26 Å². The van der Waals surface area contributed by atoms with Crippen molar-refractivity contribution >= 4 is 6.09 Å². The molecule has 1 aliphatic heterocycles. The SMILES string of the molecule is C1CCC1.N#Cc1cc(F)ccc1OC1CCN(CCC2CCC(NC(=O)O)CC2)CC1. The molecule has 6 nitrogen and oxygen atoms in total. The molecule has 0 bridgehead atoms. The van der Waals surface area contributed by atoms with Crippen molar-refractivity contribution in [1.82, 2.24) is 10.2 Å². The monoisotopic (exact) mass is 445 g/mol. The predicted octanol–water partition coefficient (Wildman–Crippen LogP) is 5.32. The number of benzene rings is 1. The van der Waals surface area contributed by atoms with E-state index in [1.165, 1.54) is 43.9 Å². The number of carbonyl (C=O) groups is 1. The van der Waals surface area contributed by atoms with E-state index in [0.29, 0.717) is 11.7 Å². The van der Waals surface area contributed by atoms with E-state index in [0.717, 1.165) is 64.6 Å². The lowest BCUT2D eigenvalue weighted by Crippen LogP contribution is -2.40. The Morgan fingerprint density at radius 1 is 1.12 bits per heavy atom. The van der Waals surface area contributed by atoms with Crippen LogP contribution < -0.4 is 10.1 Å². The normalized spacial score (nSPS) is 23.8. The Kier molecular flexibility index (Phi) is 9.61. The minimum Gasteiger partial charge on any atom is -0.489 e. The van der Waals surface area contributed by atoms with Crippen molar-refractivity contribution in [2.24, 2.45) is 5.92 Å². The first-order valence-corrected chi connectivity index (χ1v) is 12.1. The first-order chi connectivity index (χ1) is 15.5. The zero-order valence-corrected chi connectivity index (χ0v) is 18.9. The highest BCUT2D eigenvalue weighted by molar-refractivity contribution is 5.64. The molecule has 32 heavy (non-hydrogen) atoms. The van der Waals surface area contributed by atoms with E-state index in [1.807, 2.05) is 6.07 Å². The van der Waals surface area contributed by atoms with Crippen LogP contribution in [0.25, 0.3) is 0 Å². The number of rotatable bonds is 6. The molecule has 7 heteroatoms. The number of nitriles is 1. The van der Waals surface area contributed by atoms with Gasteiger partial charge < -0.3 is 20.1 Å². The number of nitrogens with zero attached hydrogens (tertiary/aromatic N) is 2. The van der Waals surface area contributed by atoms with Gasteiger partial charge >= 0.3 is 6.09 Å². The number of amides is 1. The first-order valence-electron chi connectivity index (χ1n) is 12.1. The third-order valence-electron chi connectivity index (χ3n) is 6.92. The summed E-state index contributed by atoms with van der Waals surface area (Å²) in [6.45, 7) is 2.99. The highest BCUT2D eigenvalue weighted by Crippen LogP contribution is 2.28. The molecule has 3 fully saturated rings. The quantitative estimate of drug-likeness (QED) is 0.619. The number of carboxylic acid groups (broad SMARTS) is 1. The minimum absolute atomic E-state index is 0.0614. The van der Waals surface area contributed by atoms with Crippen LogP contribution in [0.2, 0.25) is 0 Å². The molecule has 1 aromatic carbocycles. The van der Waals surface area contributed by atoms with E-state index in [2.05, 4.69) is 10.2 Å². The van der Waals surface area contributed by atoms with E-state index in [9.17, 15) is 9.18 Å². The number of hydrogen-bond acceptors (Lipinski definition) is 4. The lowest BCUT2D eigenvalue weighted by Gasteiger charge is -2.34. The molecule has 2 aliphatic carbocycles. The number of piperidine rings is 1. The van der Waals surface area contributed by atoms with Crippen molar-refractivity contribution in [3.05, 3.63) is 29.6 Å². The van der Waals surface area contributed by atoms with Crippen LogP contribution >= 0.6 is 0 Å². The van der Waals surface area contributed by atoms with Crippen molar-refractivity contribution in [3.8, 4) is 11.8 Å². The van der Waals surface area contributed by atoms with E-state index in [-0.39, 0.29) is 17.7 Å². The first kappa shape index (κ1) is 24.3. The number of likely N-dealkylation sites (tertiary alicyclic amines) is 1. The van der Waals surface area contributed by atoms with Crippen LogP contribution in [0.5, 0.6) is 5.75 Å². The van der Waals surface area contributed by atoms with Crippen LogP contribution in [0.3, 0.4) is 0 Å². The van der Waals surface area contributed by atoms with Gasteiger partial charge in [-0.3, -0.25) is 0 Å². The Hall–Kier alpha value is -2.33. The molecule has 0 aromatic heterocycles. The van der Waals surface area contributed by atoms with Crippen molar-refractivity contribution in [1.29, 1.82) is 5.26 Å². The van der Waals surface area contributed by atoms with Gasteiger partial charge in [-0.05, 0) is 75.6 Å². The average molecular weight is 446 g/mol. The van der Waals surface area contributed by atoms with E-state index < -0.39 is 11.9 Å². The molecule has 0 spiro atoms. The van der Waals surface area contributed by atoms with Crippen LogP contribution in [0.15, 0.2) is 18.2 Å². The summed E-state index contributed by atoms with van der Waals surface area (Å²) in [5.74, 6) is 0.721. The van der Waals surface area contributed by atoms with E-state index >= 15 is 0 Å². The maximum Gasteiger partial charge on any atom is 0.404 e. The summed E-state index contributed by atoms with van der Waals surface area (Å²) in [6, 6.07) is 6.19. The molecule has 0 radical (unpaired) electrons. The van der Waals surface area contributed by atoms with Gasteiger partial charge in [0.1, 0.15) is 23.7 Å². The number of ether oxygens (including phenoxy) is 1. The van der Waals surface area contributed by atoms with Crippen LogP contribution in [-0.4, -0.2) is 47.9 Å². The Morgan fingerprint density at radius 2 is 1.78 bits per heavy atom. The molecule has 2 N–H and O–H groups in total. The van der Waals surface area contributed by atoms with Crippen molar-refractivity contribution in [2.75, 3.05) is 19.6 Å². The molecule has 1 amide bonds. The van der Waals surface area contributed by atoms with Crippen LogP contribution in [0.4, 0.5) is 9.18 Å². The van der Waals surface area contributed by atoms with Crippen molar-refractivity contribution in [2.45, 2.75) is 82.8 Å². The van der Waals surface area contributed by atoms with Gasteiger partial charge in [0.2, 0.25) is 0 Å². The fourth-order valence-electron chi connectivity index (χ4n) is 4.51. The summed E-state index contributed by atoms with van der Waals surface area (Å²) < 4.78 is 19.2. The van der Waals surface area contributed by atoms with Crippen molar-refractivity contribution < 1.29 is 19.0 Å². The van der Waals surface area contributed by atoms with Crippen LogP contribution in [0, 0.1) is 23.1 Å². The molecule has 0 atom stereocenters. The molecule has 1 saturated heterocycles.